The lowest BCUT2D eigenvalue weighted by molar-refractivity contribution is 0.478. The SMILES string of the molecule is CC(C)(C)C1=CC(Bc2ccccc2)=C(N)CC1. The van der Waals surface area contributed by atoms with Gasteiger partial charge in [0, 0.05) is 5.70 Å². The minimum Gasteiger partial charge on any atom is -0.402 e. The zero-order valence-electron chi connectivity index (χ0n) is 11.7. The molecule has 0 amide bonds. The van der Waals surface area contributed by atoms with Gasteiger partial charge >= 0.3 is 0 Å². The van der Waals surface area contributed by atoms with Crippen molar-refractivity contribution in [2.75, 3.05) is 0 Å². The molecule has 0 bridgehead atoms. The first-order chi connectivity index (χ1) is 8.47. The summed E-state index contributed by atoms with van der Waals surface area (Å²) in [6.45, 7) is 6.83. The summed E-state index contributed by atoms with van der Waals surface area (Å²) in [5, 5.41) is 0. The van der Waals surface area contributed by atoms with Crippen LogP contribution < -0.4 is 11.2 Å². The molecule has 0 fully saturated rings. The summed E-state index contributed by atoms with van der Waals surface area (Å²) in [5.74, 6) is 0. The van der Waals surface area contributed by atoms with Gasteiger partial charge in [0.25, 0.3) is 0 Å². The van der Waals surface area contributed by atoms with Crippen molar-refractivity contribution in [3.63, 3.8) is 0 Å². The maximum atomic E-state index is 6.17. The summed E-state index contributed by atoms with van der Waals surface area (Å²) in [7, 11) is 0.951. The van der Waals surface area contributed by atoms with Gasteiger partial charge in [-0.3, -0.25) is 0 Å². The molecule has 0 radical (unpaired) electrons. The van der Waals surface area contributed by atoms with Crippen LogP contribution in [-0.4, -0.2) is 7.28 Å². The van der Waals surface area contributed by atoms with E-state index in [1.54, 1.807) is 0 Å². The van der Waals surface area contributed by atoms with Crippen LogP contribution in [0.2, 0.25) is 0 Å². The van der Waals surface area contributed by atoms with Crippen molar-refractivity contribution < 1.29 is 0 Å². The van der Waals surface area contributed by atoms with Crippen LogP contribution in [-0.2, 0) is 0 Å². The van der Waals surface area contributed by atoms with Crippen LogP contribution >= 0.6 is 0 Å². The van der Waals surface area contributed by atoms with Crippen molar-refractivity contribution in [3.8, 4) is 0 Å². The van der Waals surface area contributed by atoms with Crippen LogP contribution in [0.25, 0.3) is 0 Å². The van der Waals surface area contributed by atoms with Crippen LogP contribution in [0.15, 0.2) is 53.2 Å². The Morgan fingerprint density at radius 2 is 1.72 bits per heavy atom. The predicted octanol–water partition coefficient (Wildman–Crippen LogP) is 2.69. The van der Waals surface area contributed by atoms with E-state index < -0.39 is 0 Å². The van der Waals surface area contributed by atoms with Crippen molar-refractivity contribution in [3.05, 3.63) is 53.2 Å². The lowest BCUT2D eigenvalue weighted by atomic mass is 9.60. The molecule has 2 N–H and O–H groups in total. The van der Waals surface area contributed by atoms with Crippen LogP contribution in [0.1, 0.15) is 33.6 Å². The highest BCUT2D eigenvalue weighted by atomic mass is 14.6. The van der Waals surface area contributed by atoms with E-state index in [0.717, 1.165) is 25.8 Å². The van der Waals surface area contributed by atoms with Gasteiger partial charge in [-0.25, -0.2) is 0 Å². The van der Waals surface area contributed by atoms with E-state index in [0.29, 0.717) is 0 Å². The quantitative estimate of drug-likeness (QED) is 0.789. The number of benzene rings is 1. The molecule has 18 heavy (non-hydrogen) atoms. The summed E-state index contributed by atoms with van der Waals surface area (Å²) in [5.41, 5.74) is 11.6. The molecule has 0 atom stereocenters. The highest BCUT2D eigenvalue weighted by Gasteiger charge is 2.21. The zero-order chi connectivity index (χ0) is 13.2. The average molecular weight is 239 g/mol. The van der Waals surface area contributed by atoms with Gasteiger partial charge in [0.1, 0.15) is 0 Å². The Kier molecular flexibility index (Phi) is 3.65. The third kappa shape index (κ3) is 3.07. The van der Waals surface area contributed by atoms with E-state index in [4.69, 9.17) is 5.73 Å². The Bertz CT molecular complexity index is 478. The Hall–Kier alpha value is -1.44. The summed E-state index contributed by atoms with van der Waals surface area (Å²) in [6.07, 6.45) is 4.44. The summed E-state index contributed by atoms with van der Waals surface area (Å²) >= 11 is 0. The number of allylic oxidation sites excluding steroid dienone is 4. The van der Waals surface area contributed by atoms with Crippen molar-refractivity contribution in [1.82, 2.24) is 0 Å². The Morgan fingerprint density at radius 3 is 2.33 bits per heavy atom. The maximum Gasteiger partial charge on any atom is 0.194 e. The summed E-state index contributed by atoms with van der Waals surface area (Å²) < 4.78 is 0. The second kappa shape index (κ2) is 5.05. The average Bonchev–Trinajstić information content (AvgIpc) is 2.32. The van der Waals surface area contributed by atoms with Crippen LogP contribution in [0.4, 0.5) is 0 Å². The molecule has 1 aromatic rings. The normalized spacial score (nSPS) is 16.5. The highest BCUT2D eigenvalue weighted by Crippen LogP contribution is 2.33. The van der Waals surface area contributed by atoms with E-state index in [1.807, 2.05) is 0 Å². The minimum absolute atomic E-state index is 0.253. The molecular weight excluding hydrogens is 217 g/mol. The standard InChI is InChI=1S/C16H22BN/c1-16(2,3)12-9-10-15(18)14(11-12)17-13-7-5-4-6-8-13/h4-8,11,17H,9-10,18H2,1-3H3. The van der Waals surface area contributed by atoms with Gasteiger partial charge in [-0.15, -0.1) is 0 Å². The smallest absolute Gasteiger partial charge is 0.194 e. The Balaban J connectivity index is 2.24. The highest BCUT2D eigenvalue weighted by molar-refractivity contribution is 6.62. The molecule has 0 aromatic heterocycles. The van der Waals surface area contributed by atoms with Gasteiger partial charge in [-0.1, -0.05) is 73.7 Å². The molecule has 0 spiro atoms. The molecule has 0 saturated heterocycles. The molecule has 0 unspecified atom stereocenters. The molecule has 94 valence electrons. The first-order valence-corrected chi connectivity index (χ1v) is 6.69. The van der Waals surface area contributed by atoms with Gasteiger partial charge in [-0.2, -0.15) is 0 Å². The second-order valence-corrected chi connectivity index (χ2v) is 6.13. The van der Waals surface area contributed by atoms with E-state index in [1.165, 1.54) is 16.5 Å². The fourth-order valence-electron chi connectivity index (χ4n) is 2.38. The van der Waals surface area contributed by atoms with Crippen molar-refractivity contribution >= 4 is 12.7 Å². The van der Waals surface area contributed by atoms with E-state index in [9.17, 15) is 0 Å². The van der Waals surface area contributed by atoms with E-state index in [-0.39, 0.29) is 5.41 Å². The van der Waals surface area contributed by atoms with Gasteiger partial charge < -0.3 is 5.73 Å². The van der Waals surface area contributed by atoms with Gasteiger partial charge in [-0.05, 0) is 18.3 Å². The number of hydrogen-bond acceptors (Lipinski definition) is 1. The first kappa shape index (κ1) is 13.0. The third-order valence-corrected chi connectivity index (χ3v) is 3.63. The fourth-order valence-corrected chi connectivity index (χ4v) is 2.38. The van der Waals surface area contributed by atoms with Gasteiger partial charge in [0.2, 0.25) is 0 Å². The molecule has 1 aliphatic rings. The molecule has 0 heterocycles. The molecular formula is C16H22BN. The molecule has 1 aromatic carbocycles. The Morgan fingerprint density at radius 1 is 1.06 bits per heavy atom. The lowest BCUT2D eigenvalue weighted by Crippen LogP contribution is -2.23. The molecule has 2 rings (SSSR count). The lowest BCUT2D eigenvalue weighted by Gasteiger charge is -2.27. The Labute approximate surface area is 111 Å². The topological polar surface area (TPSA) is 26.0 Å². The molecule has 2 heteroatoms. The van der Waals surface area contributed by atoms with Crippen LogP contribution in [0.3, 0.4) is 0 Å². The number of rotatable bonds is 2. The fraction of sp³-hybridized carbons (Fsp3) is 0.375. The van der Waals surface area contributed by atoms with E-state index in [2.05, 4.69) is 57.2 Å². The van der Waals surface area contributed by atoms with Crippen molar-refractivity contribution in [1.29, 1.82) is 0 Å². The molecule has 0 saturated carbocycles. The predicted molar refractivity (Wildman–Crippen MR) is 81.2 cm³/mol. The summed E-state index contributed by atoms with van der Waals surface area (Å²) in [4.78, 5) is 0. The molecule has 0 aliphatic heterocycles. The van der Waals surface area contributed by atoms with E-state index >= 15 is 0 Å². The van der Waals surface area contributed by atoms with Crippen molar-refractivity contribution in [2.45, 2.75) is 33.6 Å². The first-order valence-electron chi connectivity index (χ1n) is 6.69. The zero-order valence-corrected chi connectivity index (χ0v) is 11.7. The van der Waals surface area contributed by atoms with Crippen molar-refractivity contribution in [2.24, 2.45) is 11.1 Å². The van der Waals surface area contributed by atoms with Gasteiger partial charge in [0.05, 0.1) is 0 Å². The van der Waals surface area contributed by atoms with Gasteiger partial charge in [0.15, 0.2) is 7.28 Å². The largest absolute Gasteiger partial charge is 0.402 e. The monoisotopic (exact) mass is 239 g/mol. The third-order valence-electron chi connectivity index (χ3n) is 3.63. The number of hydrogen-bond donors (Lipinski definition) is 1. The molecule has 1 nitrogen and oxygen atoms in total. The maximum absolute atomic E-state index is 6.17. The second-order valence-electron chi connectivity index (χ2n) is 6.13. The van der Waals surface area contributed by atoms with Crippen LogP contribution in [0.5, 0.6) is 0 Å². The molecule has 1 aliphatic carbocycles. The van der Waals surface area contributed by atoms with Crippen LogP contribution in [0, 0.1) is 5.41 Å². The minimum atomic E-state index is 0.253. The number of nitrogens with two attached hydrogens (primary N) is 1. The summed E-state index contributed by atoms with van der Waals surface area (Å²) in [6, 6.07) is 10.6.